The zero-order valence-electron chi connectivity index (χ0n) is 11.0. The highest BCUT2D eigenvalue weighted by Gasteiger charge is 2.23. The summed E-state index contributed by atoms with van der Waals surface area (Å²) in [4.78, 5) is 4.32. The Kier molecular flexibility index (Phi) is 3.73. The molecule has 1 aromatic heterocycles. The van der Waals surface area contributed by atoms with E-state index in [-0.39, 0.29) is 0 Å². The Hall–Kier alpha value is -1.49. The number of anilines is 1. The Morgan fingerprint density at radius 2 is 2.00 bits per heavy atom. The van der Waals surface area contributed by atoms with Gasteiger partial charge in [-0.3, -0.25) is 0 Å². The van der Waals surface area contributed by atoms with E-state index in [4.69, 9.17) is 19.9 Å². The maximum atomic E-state index is 5.85. The van der Waals surface area contributed by atoms with Gasteiger partial charge in [0.2, 0.25) is 11.8 Å². The molecule has 5 nitrogen and oxygen atoms in total. The van der Waals surface area contributed by atoms with Crippen molar-refractivity contribution < 1.29 is 14.2 Å². The van der Waals surface area contributed by atoms with Gasteiger partial charge in [0, 0.05) is 18.6 Å². The Morgan fingerprint density at radius 3 is 2.74 bits per heavy atom. The number of pyridine rings is 1. The molecule has 0 aromatic carbocycles. The Morgan fingerprint density at radius 1 is 1.16 bits per heavy atom. The van der Waals surface area contributed by atoms with Crippen LogP contribution in [-0.4, -0.2) is 31.4 Å². The van der Waals surface area contributed by atoms with Gasteiger partial charge in [-0.1, -0.05) is 0 Å². The van der Waals surface area contributed by atoms with Crippen molar-refractivity contribution in [3.63, 3.8) is 0 Å². The van der Waals surface area contributed by atoms with Crippen LogP contribution in [-0.2, 0) is 4.74 Å². The summed E-state index contributed by atoms with van der Waals surface area (Å²) in [6.45, 7) is 2.95. The molecule has 0 radical (unpaired) electrons. The molecule has 0 amide bonds. The number of nitrogens with two attached hydrogens (primary N) is 1. The summed E-state index contributed by atoms with van der Waals surface area (Å²) in [5.41, 5.74) is 6.42. The molecule has 2 fully saturated rings. The van der Waals surface area contributed by atoms with E-state index in [9.17, 15) is 0 Å². The van der Waals surface area contributed by atoms with Crippen molar-refractivity contribution in [2.24, 2.45) is 11.8 Å². The number of rotatable bonds is 6. The van der Waals surface area contributed by atoms with Crippen molar-refractivity contribution >= 4 is 5.69 Å². The molecular formula is C14H20N2O3. The van der Waals surface area contributed by atoms with Crippen LogP contribution in [0.5, 0.6) is 11.8 Å². The van der Waals surface area contributed by atoms with Crippen LogP contribution < -0.4 is 15.2 Å². The first-order chi connectivity index (χ1) is 9.31. The average Bonchev–Trinajstić information content (AvgIpc) is 3.10. The minimum absolute atomic E-state index is 0.468. The lowest BCUT2D eigenvalue weighted by Crippen LogP contribution is -2.13. The summed E-state index contributed by atoms with van der Waals surface area (Å²) in [5.74, 6) is 2.22. The van der Waals surface area contributed by atoms with Gasteiger partial charge in [-0.25, -0.2) is 0 Å². The van der Waals surface area contributed by atoms with E-state index in [1.807, 2.05) is 0 Å². The molecule has 1 atom stereocenters. The average molecular weight is 264 g/mol. The number of nitrogens with zero attached hydrogens (tertiary/aromatic N) is 1. The fourth-order valence-corrected chi connectivity index (χ4v) is 2.03. The maximum Gasteiger partial charge on any atom is 0.240 e. The molecule has 0 spiro atoms. The minimum atomic E-state index is 0.468. The Labute approximate surface area is 113 Å². The number of aromatic nitrogens is 1. The monoisotopic (exact) mass is 264 g/mol. The Bertz CT molecular complexity index is 429. The van der Waals surface area contributed by atoms with Crippen molar-refractivity contribution in [1.29, 1.82) is 0 Å². The summed E-state index contributed by atoms with van der Waals surface area (Å²) in [5, 5.41) is 0. The molecule has 1 saturated carbocycles. The van der Waals surface area contributed by atoms with Gasteiger partial charge < -0.3 is 19.9 Å². The van der Waals surface area contributed by atoms with Crippen LogP contribution in [0.3, 0.4) is 0 Å². The van der Waals surface area contributed by atoms with E-state index < -0.39 is 0 Å². The van der Waals surface area contributed by atoms with Crippen molar-refractivity contribution in [2.45, 2.75) is 19.3 Å². The van der Waals surface area contributed by atoms with Crippen LogP contribution in [0.2, 0.25) is 0 Å². The summed E-state index contributed by atoms with van der Waals surface area (Å²) in [6.07, 6.45) is 3.55. The normalized spacial score (nSPS) is 22.4. The third kappa shape index (κ3) is 3.50. The van der Waals surface area contributed by atoms with E-state index in [1.54, 1.807) is 12.1 Å². The lowest BCUT2D eigenvalue weighted by molar-refractivity contribution is 0.165. The van der Waals surface area contributed by atoms with E-state index >= 15 is 0 Å². The van der Waals surface area contributed by atoms with Gasteiger partial charge in [-0.15, -0.1) is 0 Å². The molecule has 1 aliphatic carbocycles. The second kappa shape index (κ2) is 5.65. The molecule has 1 aromatic rings. The van der Waals surface area contributed by atoms with Gasteiger partial charge in [-0.05, 0) is 31.2 Å². The molecule has 2 aliphatic rings. The highest BCUT2D eigenvalue weighted by molar-refractivity contribution is 5.49. The summed E-state index contributed by atoms with van der Waals surface area (Å²) in [7, 11) is 0. The summed E-state index contributed by atoms with van der Waals surface area (Å²) >= 11 is 0. The molecule has 2 N–H and O–H groups in total. The maximum absolute atomic E-state index is 5.85. The van der Waals surface area contributed by atoms with Crippen LogP contribution in [0.1, 0.15) is 19.3 Å². The third-order valence-electron chi connectivity index (χ3n) is 3.51. The molecule has 1 unspecified atom stereocenters. The van der Waals surface area contributed by atoms with Crippen LogP contribution in [0, 0.1) is 11.8 Å². The fourth-order valence-electron chi connectivity index (χ4n) is 2.03. The molecule has 104 valence electrons. The second-order valence-corrected chi connectivity index (χ2v) is 5.34. The summed E-state index contributed by atoms with van der Waals surface area (Å²) in [6, 6.07) is 3.57. The van der Waals surface area contributed by atoms with Gasteiger partial charge >= 0.3 is 0 Å². The lowest BCUT2D eigenvalue weighted by atomic mass is 10.1. The second-order valence-electron chi connectivity index (χ2n) is 5.34. The zero-order chi connectivity index (χ0) is 13.1. The van der Waals surface area contributed by atoms with Crippen molar-refractivity contribution in [3.05, 3.63) is 12.1 Å². The first-order valence-electron chi connectivity index (χ1n) is 6.91. The number of ether oxygens (including phenoxy) is 3. The molecule has 2 heterocycles. The first kappa shape index (κ1) is 12.5. The fraction of sp³-hybridized carbons (Fsp3) is 0.643. The number of hydrogen-bond donors (Lipinski definition) is 1. The molecule has 19 heavy (non-hydrogen) atoms. The van der Waals surface area contributed by atoms with E-state index in [0.717, 1.165) is 19.6 Å². The first-order valence-corrected chi connectivity index (χ1v) is 6.91. The highest BCUT2D eigenvalue weighted by atomic mass is 16.5. The molecule has 1 aliphatic heterocycles. The highest BCUT2D eigenvalue weighted by Crippen LogP contribution is 2.31. The van der Waals surface area contributed by atoms with Crippen LogP contribution in [0.4, 0.5) is 5.69 Å². The largest absolute Gasteiger partial charge is 0.477 e. The Balaban J connectivity index is 1.55. The van der Waals surface area contributed by atoms with Crippen molar-refractivity contribution in [2.75, 3.05) is 32.2 Å². The topological polar surface area (TPSA) is 66.6 Å². The summed E-state index contributed by atoms with van der Waals surface area (Å²) < 4.78 is 16.6. The SMILES string of the molecule is Nc1ccc(OCC2CCOC2)nc1OCC1CC1. The smallest absolute Gasteiger partial charge is 0.240 e. The van der Waals surface area contributed by atoms with Crippen LogP contribution in [0.25, 0.3) is 0 Å². The molecule has 0 bridgehead atoms. The van der Waals surface area contributed by atoms with E-state index in [2.05, 4.69) is 4.98 Å². The molecule has 5 heteroatoms. The van der Waals surface area contributed by atoms with Gasteiger partial charge in [0.25, 0.3) is 0 Å². The predicted molar refractivity (Wildman–Crippen MR) is 71.3 cm³/mol. The molecular weight excluding hydrogens is 244 g/mol. The minimum Gasteiger partial charge on any atom is -0.477 e. The number of hydrogen-bond acceptors (Lipinski definition) is 5. The van der Waals surface area contributed by atoms with Gasteiger partial charge in [0.05, 0.1) is 25.5 Å². The lowest BCUT2D eigenvalue weighted by Gasteiger charge is -2.12. The van der Waals surface area contributed by atoms with Gasteiger partial charge in [0.15, 0.2) is 0 Å². The molecule has 1 saturated heterocycles. The predicted octanol–water partition coefficient (Wildman–Crippen LogP) is 1.87. The third-order valence-corrected chi connectivity index (χ3v) is 3.51. The van der Waals surface area contributed by atoms with E-state index in [1.165, 1.54) is 12.8 Å². The van der Waals surface area contributed by atoms with Crippen molar-refractivity contribution in [3.8, 4) is 11.8 Å². The number of nitrogen functional groups attached to an aromatic ring is 1. The van der Waals surface area contributed by atoms with Crippen LogP contribution >= 0.6 is 0 Å². The standard InChI is InChI=1S/C14H20N2O3/c15-12-3-4-13(18-9-11-5-6-17-7-11)16-14(12)19-8-10-1-2-10/h3-4,10-11H,1-2,5-9,15H2. The van der Waals surface area contributed by atoms with Crippen LogP contribution in [0.15, 0.2) is 12.1 Å². The molecule has 3 rings (SSSR count). The van der Waals surface area contributed by atoms with E-state index in [0.29, 0.717) is 42.5 Å². The van der Waals surface area contributed by atoms with Crippen molar-refractivity contribution in [1.82, 2.24) is 4.98 Å². The van der Waals surface area contributed by atoms with Gasteiger partial charge in [-0.2, -0.15) is 4.98 Å². The van der Waals surface area contributed by atoms with Gasteiger partial charge in [0.1, 0.15) is 0 Å². The quantitative estimate of drug-likeness (QED) is 0.849. The zero-order valence-corrected chi connectivity index (χ0v) is 11.0.